The minimum Gasteiger partial charge on any atom is -0.460 e. The molecule has 1 fully saturated rings. The van der Waals surface area contributed by atoms with Crippen molar-refractivity contribution in [3.05, 3.63) is 84.4 Å². The molecule has 0 N–H and O–H groups in total. The highest BCUT2D eigenvalue weighted by atomic mass is 16.5. The third-order valence-electron chi connectivity index (χ3n) is 5.98. The summed E-state index contributed by atoms with van der Waals surface area (Å²) in [6, 6.07) is 20.2. The number of hydrogen-bond acceptors (Lipinski definition) is 2. The third-order valence-corrected chi connectivity index (χ3v) is 5.98. The highest BCUT2D eigenvalue weighted by Crippen LogP contribution is 2.32. The lowest BCUT2D eigenvalue weighted by Crippen LogP contribution is -2.32. The van der Waals surface area contributed by atoms with Crippen molar-refractivity contribution in [3.63, 3.8) is 0 Å². The van der Waals surface area contributed by atoms with Gasteiger partial charge in [-0.2, -0.15) is 0 Å². The molecule has 0 bridgehead atoms. The molecule has 2 aromatic rings. The van der Waals surface area contributed by atoms with Gasteiger partial charge in [0, 0.05) is 25.2 Å². The minimum absolute atomic E-state index is 0.104. The maximum absolute atomic E-state index is 12.9. The largest absolute Gasteiger partial charge is 0.460 e. The van der Waals surface area contributed by atoms with E-state index in [1.165, 1.54) is 5.56 Å². The molecule has 160 valence electrons. The summed E-state index contributed by atoms with van der Waals surface area (Å²) in [5.74, 6) is 2.83. The fourth-order valence-corrected chi connectivity index (χ4v) is 4.42. The molecule has 1 aliphatic heterocycles. The van der Waals surface area contributed by atoms with Gasteiger partial charge in [-0.05, 0) is 17.5 Å². The summed E-state index contributed by atoms with van der Waals surface area (Å²) >= 11 is 0. The van der Waals surface area contributed by atoms with Crippen LogP contribution in [0.3, 0.4) is 0 Å². The molecule has 0 unspecified atom stereocenters. The van der Waals surface area contributed by atoms with Gasteiger partial charge in [0.25, 0.3) is 0 Å². The summed E-state index contributed by atoms with van der Waals surface area (Å²) in [5.41, 5.74) is 3.34. The van der Waals surface area contributed by atoms with E-state index in [4.69, 9.17) is 11.2 Å². The number of allylic oxidation sites excluding steroid dienone is 1. The number of carbonyl (C=O) groups is 1. The Morgan fingerprint density at radius 2 is 1.74 bits per heavy atom. The molecule has 31 heavy (non-hydrogen) atoms. The average molecular weight is 415 g/mol. The first-order chi connectivity index (χ1) is 15.2. The fraction of sp³-hybridized carbons (Fsp3) is 0.357. The first-order valence-corrected chi connectivity index (χ1v) is 11.1. The second-order valence-corrected chi connectivity index (χ2v) is 8.03. The Labute approximate surface area is 186 Å². The molecule has 0 aliphatic carbocycles. The fourth-order valence-electron chi connectivity index (χ4n) is 4.42. The highest BCUT2D eigenvalue weighted by Gasteiger charge is 2.34. The van der Waals surface area contributed by atoms with Crippen molar-refractivity contribution in [2.45, 2.75) is 44.6 Å². The molecule has 0 saturated carbocycles. The number of rotatable bonds is 10. The normalized spacial score (nSPS) is 15.0. The molecular weight excluding hydrogens is 382 g/mol. The summed E-state index contributed by atoms with van der Waals surface area (Å²) in [6.45, 7) is 6.39. The number of benzene rings is 2. The molecule has 0 radical (unpaired) electrons. The Morgan fingerprint density at radius 3 is 2.35 bits per heavy atom. The Balaban J connectivity index is 1.85. The maximum Gasteiger partial charge on any atom is 0.316 e. The molecule has 0 amide bonds. The second-order valence-electron chi connectivity index (χ2n) is 8.03. The summed E-state index contributed by atoms with van der Waals surface area (Å²) < 4.78 is 8.02. The lowest BCUT2D eigenvalue weighted by atomic mass is 9.79. The van der Waals surface area contributed by atoms with Crippen molar-refractivity contribution in [2.75, 3.05) is 13.1 Å². The molecule has 2 atom stereocenters. The number of hydrogen-bond donors (Lipinski definition) is 0. The first kappa shape index (κ1) is 22.6. The zero-order chi connectivity index (χ0) is 21.9. The number of nitrogens with zero attached hydrogens (tertiary/aromatic N) is 1. The molecule has 3 rings (SSSR count). The molecular formula is C28H32NO2+. The van der Waals surface area contributed by atoms with Crippen LogP contribution >= 0.6 is 0 Å². The predicted molar refractivity (Wildman–Crippen MR) is 126 cm³/mol. The molecule has 3 nitrogen and oxygen atoms in total. The van der Waals surface area contributed by atoms with Crippen LogP contribution in [0.5, 0.6) is 0 Å². The lowest BCUT2D eigenvalue weighted by Gasteiger charge is -2.25. The van der Waals surface area contributed by atoms with Crippen molar-refractivity contribution >= 4 is 11.7 Å². The Bertz CT molecular complexity index is 916. The van der Waals surface area contributed by atoms with Crippen LogP contribution in [0.2, 0.25) is 0 Å². The molecule has 0 spiro atoms. The maximum atomic E-state index is 12.9. The Hall–Kier alpha value is -3.12. The van der Waals surface area contributed by atoms with Gasteiger partial charge in [0.2, 0.25) is 0 Å². The average Bonchev–Trinajstić information content (AvgIpc) is 3.35. The zero-order valence-corrected chi connectivity index (χ0v) is 18.2. The van der Waals surface area contributed by atoms with Crippen LogP contribution in [0.4, 0.5) is 0 Å². The first-order valence-electron chi connectivity index (χ1n) is 11.1. The van der Waals surface area contributed by atoms with Crippen LogP contribution in [0.25, 0.3) is 0 Å². The molecule has 1 aliphatic rings. The van der Waals surface area contributed by atoms with Crippen LogP contribution in [-0.2, 0) is 16.1 Å². The summed E-state index contributed by atoms with van der Waals surface area (Å²) in [5, 5.41) is 0. The number of esters is 1. The van der Waals surface area contributed by atoms with Crippen molar-refractivity contribution in [3.8, 4) is 12.3 Å². The zero-order valence-electron chi connectivity index (χ0n) is 18.2. The standard InChI is InChI=1S/C28H32NO2/c1-3-5-18-26(25(4-2)24-16-10-7-11-17-24)27(29-19-12-13-20-29)21-28(30)31-22-23-14-8-6-9-15-23/h1,4,6-11,14-17,25-26H,2,5,12-13,18-22H2/q+1/t25-,26-/m1/s1. The minimum atomic E-state index is -0.188. The van der Waals surface area contributed by atoms with E-state index in [2.05, 4.69) is 29.2 Å². The highest BCUT2D eigenvalue weighted by molar-refractivity contribution is 5.98. The molecule has 2 aromatic carbocycles. The van der Waals surface area contributed by atoms with Crippen molar-refractivity contribution in [1.29, 1.82) is 0 Å². The summed E-state index contributed by atoms with van der Waals surface area (Å²) in [7, 11) is 0. The van der Waals surface area contributed by atoms with E-state index in [0.29, 0.717) is 19.4 Å². The number of ether oxygens (including phenoxy) is 1. The number of carbonyl (C=O) groups excluding carboxylic acids is 1. The van der Waals surface area contributed by atoms with Gasteiger partial charge in [0.05, 0.1) is 5.92 Å². The van der Waals surface area contributed by atoms with Crippen LogP contribution in [0.15, 0.2) is 73.3 Å². The van der Waals surface area contributed by atoms with Gasteiger partial charge in [-0.1, -0.05) is 66.7 Å². The molecule has 3 heteroatoms. The molecule has 1 saturated heterocycles. The van der Waals surface area contributed by atoms with Crippen LogP contribution < -0.4 is 0 Å². The van der Waals surface area contributed by atoms with E-state index in [0.717, 1.165) is 43.6 Å². The molecule has 1 heterocycles. The molecule has 0 aromatic heterocycles. The topological polar surface area (TPSA) is 29.3 Å². The van der Waals surface area contributed by atoms with Gasteiger partial charge in [0.1, 0.15) is 26.1 Å². The van der Waals surface area contributed by atoms with Crippen molar-refractivity contribution in [1.82, 2.24) is 0 Å². The van der Waals surface area contributed by atoms with E-state index in [1.807, 2.05) is 54.6 Å². The van der Waals surface area contributed by atoms with Crippen LogP contribution in [0.1, 0.15) is 49.1 Å². The van der Waals surface area contributed by atoms with Gasteiger partial charge < -0.3 is 4.74 Å². The van der Waals surface area contributed by atoms with Gasteiger partial charge in [-0.25, -0.2) is 4.58 Å². The Kier molecular flexibility index (Phi) is 8.67. The van der Waals surface area contributed by atoms with Crippen LogP contribution in [0, 0.1) is 18.3 Å². The van der Waals surface area contributed by atoms with E-state index in [-0.39, 0.29) is 17.8 Å². The van der Waals surface area contributed by atoms with Crippen molar-refractivity contribution < 1.29 is 14.1 Å². The Morgan fingerprint density at radius 1 is 1.10 bits per heavy atom. The van der Waals surface area contributed by atoms with E-state index in [9.17, 15) is 4.79 Å². The summed E-state index contributed by atoms with van der Waals surface area (Å²) in [6.07, 6.45) is 11.7. The lowest BCUT2D eigenvalue weighted by molar-refractivity contribution is -0.509. The van der Waals surface area contributed by atoms with E-state index in [1.54, 1.807) is 0 Å². The number of terminal acetylenes is 1. The SMILES string of the molecule is C#CCC[C@@H](C(CC(=O)OCc1ccccc1)=[N+]1CCCC1)[C@H](C=C)c1ccccc1. The van der Waals surface area contributed by atoms with Crippen molar-refractivity contribution in [2.24, 2.45) is 5.92 Å². The third kappa shape index (κ3) is 6.43. The van der Waals surface area contributed by atoms with Gasteiger partial charge in [-0.15, -0.1) is 18.9 Å². The quantitative estimate of drug-likeness (QED) is 0.226. The van der Waals surface area contributed by atoms with E-state index >= 15 is 0 Å². The van der Waals surface area contributed by atoms with Gasteiger partial charge >= 0.3 is 5.97 Å². The van der Waals surface area contributed by atoms with Gasteiger partial charge in [-0.3, -0.25) is 4.79 Å². The second kappa shape index (κ2) is 11.9. The monoisotopic (exact) mass is 414 g/mol. The smallest absolute Gasteiger partial charge is 0.316 e. The predicted octanol–water partition coefficient (Wildman–Crippen LogP) is 5.37. The van der Waals surface area contributed by atoms with Gasteiger partial charge in [0.15, 0.2) is 5.71 Å². The summed E-state index contributed by atoms with van der Waals surface area (Å²) in [4.78, 5) is 12.9. The van der Waals surface area contributed by atoms with Crippen LogP contribution in [-0.4, -0.2) is 29.3 Å². The van der Waals surface area contributed by atoms with E-state index < -0.39 is 0 Å².